The Morgan fingerprint density at radius 1 is 1.23 bits per heavy atom. The first-order valence-electron chi connectivity index (χ1n) is 8.78. The molecule has 0 radical (unpaired) electrons. The van der Waals surface area contributed by atoms with Crippen molar-refractivity contribution in [3.63, 3.8) is 0 Å². The maximum atomic E-state index is 11.1. The van der Waals surface area contributed by atoms with Crippen LogP contribution in [-0.4, -0.2) is 49.6 Å². The summed E-state index contributed by atoms with van der Waals surface area (Å²) >= 11 is 0.900. The van der Waals surface area contributed by atoms with Crippen molar-refractivity contribution in [3.05, 3.63) is 32.9 Å². The molecule has 0 saturated heterocycles. The molecular formula is C16H27N7O6Tc+. The van der Waals surface area contributed by atoms with E-state index in [0.29, 0.717) is 5.71 Å². The molecule has 0 fully saturated rings. The molecule has 0 aliphatic rings. The molecule has 0 aromatic carbocycles. The van der Waals surface area contributed by atoms with Gasteiger partial charge >= 0.3 is 28.3 Å². The molecule has 1 aromatic rings. The van der Waals surface area contributed by atoms with E-state index in [9.17, 15) is 20.5 Å². The zero-order valence-corrected chi connectivity index (χ0v) is 19.6. The molecule has 0 spiro atoms. The molecule has 1 heterocycles. The van der Waals surface area contributed by atoms with Crippen LogP contribution >= 0.6 is 0 Å². The molecule has 0 aliphatic carbocycles. The van der Waals surface area contributed by atoms with E-state index >= 15 is 0 Å². The van der Waals surface area contributed by atoms with Crippen LogP contribution in [0.2, 0.25) is 0 Å². The van der Waals surface area contributed by atoms with Gasteiger partial charge in [-0.2, -0.15) is 5.48 Å². The molecule has 1 unspecified atom stereocenters. The van der Waals surface area contributed by atoms with Gasteiger partial charge < -0.3 is 36.2 Å². The van der Waals surface area contributed by atoms with Crippen LogP contribution in [0.5, 0.6) is 0 Å². The van der Waals surface area contributed by atoms with E-state index in [-0.39, 0.29) is 24.7 Å². The van der Waals surface area contributed by atoms with Crippen LogP contribution in [0.25, 0.3) is 0 Å². The van der Waals surface area contributed by atoms with Crippen molar-refractivity contribution < 1.29 is 32.1 Å². The third-order valence-electron chi connectivity index (χ3n) is 4.59. The number of nitro groups is 1. The van der Waals surface area contributed by atoms with E-state index in [2.05, 4.69) is 26.1 Å². The Morgan fingerprint density at radius 3 is 2.27 bits per heavy atom. The predicted octanol–water partition coefficient (Wildman–Crippen LogP) is 1.62. The first-order chi connectivity index (χ1) is 13.9. The van der Waals surface area contributed by atoms with Crippen LogP contribution in [0.1, 0.15) is 41.5 Å². The molecule has 1 aromatic heterocycles. The number of hydroxylamine groups is 1. The predicted molar refractivity (Wildman–Crippen MR) is 107 cm³/mol. The van der Waals surface area contributed by atoms with Gasteiger partial charge in [-0.15, -0.1) is 0 Å². The second kappa shape index (κ2) is 12.5. The van der Waals surface area contributed by atoms with E-state index in [1.54, 1.807) is 41.5 Å². The van der Waals surface area contributed by atoms with Crippen molar-refractivity contribution in [1.82, 2.24) is 20.3 Å². The van der Waals surface area contributed by atoms with Crippen LogP contribution in [0.15, 0.2) is 22.7 Å². The monoisotopic (exact) mass is 512 g/mol. The fourth-order valence-corrected chi connectivity index (χ4v) is 2.01. The molecule has 30 heavy (non-hydrogen) atoms. The minimum absolute atomic E-state index is 0.101. The van der Waals surface area contributed by atoms with Crippen molar-refractivity contribution in [2.45, 2.75) is 65.3 Å². The summed E-state index contributed by atoms with van der Waals surface area (Å²) in [4.78, 5) is 20.0. The van der Waals surface area contributed by atoms with E-state index in [1.165, 1.54) is 17.0 Å². The summed E-state index contributed by atoms with van der Waals surface area (Å²) in [5.41, 5.74) is 1.87. The normalized spacial score (nSPS) is 14.0. The number of nitrogens with one attached hydrogen (secondary N) is 2. The quantitative estimate of drug-likeness (QED) is 0.253. The summed E-state index contributed by atoms with van der Waals surface area (Å²) in [7, 11) is 0. The summed E-state index contributed by atoms with van der Waals surface area (Å²) in [5.74, 6) is -0.318. The van der Waals surface area contributed by atoms with E-state index < -0.39 is 22.1 Å². The van der Waals surface area contributed by atoms with E-state index in [1.807, 2.05) is 0 Å². The fourth-order valence-electron chi connectivity index (χ4n) is 2.01. The number of hydrogen-bond donors (Lipinski definition) is 2. The van der Waals surface area contributed by atoms with Gasteiger partial charge in [-0.05, 0) is 46.5 Å². The molecule has 168 valence electrons. The van der Waals surface area contributed by atoms with Gasteiger partial charge in [0.2, 0.25) is 0 Å². The molecule has 14 heteroatoms. The van der Waals surface area contributed by atoms with Crippen molar-refractivity contribution >= 4 is 17.4 Å². The zero-order valence-electron chi connectivity index (χ0n) is 17.7. The first kappa shape index (κ1) is 27.9. The Labute approximate surface area is 185 Å². The molecular weight excluding hydrogens is 485 g/mol. The summed E-state index contributed by atoms with van der Waals surface area (Å²) in [6.07, 6.45) is 2.19. The molecule has 1 rings (SSSR count). The van der Waals surface area contributed by atoms with Crippen LogP contribution in [-0.2, 0) is 33.7 Å². The number of aromatic nitrogens is 2. The minimum atomic E-state index is -0.844. The summed E-state index contributed by atoms with van der Waals surface area (Å²) in [6, 6.07) is 0. The number of hydrogen-bond acceptors (Lipinski definition) is 11. The Balaban J connectivity index is 0.00000407. The van der Waals surface area contributed by atoms with Gasteiger partial charge in [0.1, 0.15) is 25.0 Å². The molecule has 1 atom stereocenters. The van der Waals surface area contributed by atoms with Gasteiger partial charge in [-0.3, -0.25) is 4.84 Å². The van der Waals surface area contributed by atoms with Gasteiger partial charge in [0, 0.05) is 18.0 Å². The third-order valence-corrected chi connectivity index (χ3v) is 4.59. The molecule has 13 nitrogen and oxygen atoms in total. The average Bonchev–Trinajstić information content (AvgIpc) is 3.18. The maximum absolute atomic E-state index is 11.1. The van der Waals surface area contributed by atoms with Crippen molar-refractivity contribution in [2.24, 2.45) is 10.3 Å². The molecule has 0 bridgehead atoms. The Hall–Kier alpha value is -2.12. The molecule has 2 N–H and O–H groups in total. The van der Waals surface area contributed by atoms with Crippen molar-refractivity contribution in [2.75, 3.05) is 6.54 Å². The average molecular weight is 512 g/mol. The summed E-state index contributed by atoms with van der Waals surface area (Å²) < 4.78 is 9.56. The van der Waals surface area contributed by atoms with Crippen LogP contribution in [0.3, 0.4) is 0 Å². The number of rotatable bonds is 11. The Kier molecular flexibility index (Phi) is 11.7. The molecule has 0 saturated carbocycles. The second-order valence-corrected chi connectivity index (χ2v) is 7.46. The second-order valence-electron chi connectivity index (χ2n) is 7.46. The van der Waals surface area contributed by atoms with E-state index in [0.717, 1.165) is 18.9 Å². The van der Waals surface area contributed by atoms with Gasteiger partial charge in [-0.25, -0.2) is 4.57 Å². The Morgan fingerprint density at radius 2 is 1.77 bits per heavy atom. The van der Waals surface area contributed by atoms with Crippen molar-refractivity contribution in [1.29, 1.82) is 0 Å². The fraction of sp³-hybridized carbons (Fsp3) is 0.688. The van der Waals surface area contributed by atoms with Gasteiger partial charge in [-0.1, -0.05) is 4.98 Å². The van der Waals surface area contributed by atoms with E-state index in [4.69, 9.17) is 8.34 Å². The third kappa shape index (κ3) is 8.32. The topological polar surface area (TPSA) is 182 Å². The summed E-state index contributed by atoms with van der Waals surface area (Å²) in [6.45, 7) is 10.5. The SMILES string of the molecule is C/C(=N\[O-])C(C)(C)NCC(Cn1ccnc1[N+](=O)[O-])ONC(C)(C)/C(C)=N/[O-].[O]=[99Tc+3]. The first-order valence-corrected chi connectivity index (χ1v) is 9.54. The standard InChI is InChI=1S/C16H29N7O5.O.Tc/c1-11(19-24)15(3,4)18-9-13(28-21-16(5,6)12(2)20-25)10-22-8-7-17-14(22)23(26)27;;/h7-8,13,18,21,24-25H,9-10H2,1-6H3;;/q;;+3/p-2/b19-11+,20-12+;;/i;;1+1. The summed E-state index contributed by atoms with van der Waals surface area (Å²) in [5, 5.41) is 41.8. The number of nitrogens with zero attached hydrogens (tertiary/aromatic N) is 5. The van der Waals surface area contributed by atoms with Crippen LogP contribution in [0, 0.1) is 20.5 Å². The van der Waals surface area contributed by atoms with Crippen LogP contribution < -0.4 is 10.8 Å². The molecule has 0 aliphatic heterocycles. The zero-order chi connectivity index (χ0) is 23.5. The van der Waals surface area contributed by atoms with Gasteiger partial charge in [0.05, 0.1) is 11.1 Å². The van der Waals surface area contributed by atoms with Crippen molar-refractivity contribution in [3.8, 4) is 0 Å². The molecule has 0 amide bonds. The van der Waals surface area contributed by atoms with Gasteiger partial charge in [0.15, 0.2) is 0 Å². The van der Waals surface area contributed by atoms with Gasteiger partial charge in [0.25, 0.3) is 0 Å². The number of imidazole rings is 1. The van der Waals surface area contributed by atoms with Crippen LogP contribution in [0.4, 0.5) is 5.95 Å². The Bertz CT molecular complexity index is 716.